The van der Waals surface area contributed by atoms with Crippen molar-refractivity contribution in [3.8, 4) is 0 Å². The lowest BCUT2D eigenvalue weighted by molar-refractivity contribution is -0.136. The summed E-state index contributed by atoms with van der Waals surface area (Å²) in [5.41, 5.74) is 1.39. The number of likely N-dealkylation sites (tertiary alicyclic amines) is 1. The van der Waals surface area contributed by atoms with Gasteiger partial charge in [0, 0.05) is 19.1 Å². The van der Waals surface area contributed by atoms with Gasteiger partial charge in [-0.1, -0.05) is 30.3 Å². The first-order chi connectivity index (χ1) is 10.3. The first-order valence-corrected chi connectivity index (χ1v) is 8.31. The highest BCUT2D eigenvalue weighted by Gasteiger charge is 2.36. The van der Waals surface area contributed by atoms with Crippen molar-refractivity contribution in [3.05, 3.63) is 35.9 Å². The van der Waals surface area contributed by atoms with E-state index in [1.54, 1.807) is 0 Å². The minimum absolute atomic E-state index is 0.205. The van der Waals surface area contributed by atoms with Crippen molar-refractivity contribution >= 4 is 5.91 Å². The Hall–Kier alpha value is -1.35. The van der Waals surface area contributed by atoms with E-state index < -0.39 is 0 Å². The summed E-state index contributed by atoms with van der Waals surface area (Å²) in [4.78, 5) is 14.8. The second kappa shape index (κ2) is 6.61. The Balaban J connectivity index is 1.60. The van der Waals surface area contributed by atoms with Crippen molar-refractivity contribution in [2.75, 3.05) is 19.6 Å². The molecule has 1 amide bonds. The average molecular weight is 286 g/mol. The summed E-state index contributed by atoms with van der Waals surface area (Å²) in [7, 11) is 0. The number of piperidine rings is 1. The fourth-order valence-electron chi connectivity index (χ4n) is 3.80. The molecule has 2 aliphatic rings. The van der Waals surface area contributed by atoms with Gasteiger partial charge in [-0.05, 0) is 50.6 Å². The predicted octanol–water partition coefficient (Wildman–Crippen LogP) is 2.47. The number of carbonyl (C=O) groups is 1. The van der Waals surface area contributed by atoms with Gasteiger partial charge in [-0.15, -0.1) is 0 Å². The Bertz CT molecular complexity index is 467. The van der Waals surface area contributed by atoms with E-state index in [4.69, 9.17) is 0 Å². The van der Waals surface area contributed by atoms with E-state index in [0.717, 1.165) is 45.3 Å². The molecule has 0 saturated carbocycles. The molecule has 3 nitrogen and oxygen atoms in total. The summed E-state index contributed by atoms with van der Waals surface area (Å²) in [5, 5.41) is 3.36. The van der Waals surface area contributed by atoms with Crippen LogP contribution in [0.25, 0.3) is 0 Å². The van der Waals surface area contributed by atoms with E-state index in [2.05, 4.69) is 47.5 Å². The molecule has 21 heavy (non-hydrogen) atoms. The maximum atomic E-state index is 12.7. The molecular formula is C18H26N2O. The Kier molecular flexibility index (Phi) is 4.59. The van der Waals surface area contributed by atoms with Crippen LogP contribution in [0.3, 0.4) is 0 Å². The fourth-order valence-corrected chi connectivity index (χ4v) is 3.80. The topological polar surface area (TPSA) is 32.3 Å². The van der Waals surface area contributed by atoms with Gasteiger partial charge in [0.15, 0.2) is 0 Å². The lowest BCUT2D eigenvalue weighted by Crippen LogP contribution is -2.45. The van der Waals surface area contributed by atoms with Crippen molar-refractivity contribution in [1.29, 1.82) is 0 Å². The maximum Gasteiger partial charge on any atom is 0.227 e. The van der Waals surface area contributed by atoms with Gasteiger partial charge in [0.1, 0.15) is 0 Å². The van der Waals surface area contributed by atoms with E-state index in [0.29, 0.717) is 17.9 Å². The number of rotatable bonds is 3. The van der Waals surface area contributed by atoms with Gasteiger partial charge in [-0.2, -0.15) is 0 Å². The largest absolute Gasteiger partial charge is 0.339 e. The molecule has 1 N–H and O–H groups in total. The summed E-state index contributed by atoms with van der Waals surface area (Å²) in [6.07, 6.45) is 4.42. The molecule has 1 aromatic carbocycles. The van der Waals surface area contributed by atoms with Crippen molar-refractivity contribution in [3.63, 3.8) is 0 Å². The SMILES string of the molecule is C[C@@H]1[C@@H](Cc2ccccc2)CCN1C(=O)[C@@H]1CCCNC1. The van der Waals surface area contributed by atoms with Crippen LogP contribution >= 0.6 is 0 Å². The third-order valence-electron chi connectivity index (χ3n) is 5.18. The highest BCUT2D eigenvalue weighted by atomic mass is 16.2. The number of amides is 1. The molecule has 2 heterocycles. The highest BCUT2D eigenvalue weighted by molar-refractivity contribution is 5.79. The summed E-state index contributed by atoms with van der Waals surface area (Å²) in [6.45, 7) is 5.10. The van der Waals surface area contributed by atoms with Gasteiger partial charge in [-0.3, -0.25) is 4.79 Å². The Labute approximate surface area is 127 Å². The molecule has 0 bridgehead atoms. The summed E-state index contributed by atoms with van der Waals surface area (Å²) < 4.78 is 0. The van der Waals surface area contributed by atoms with Crippen LogP contribution in [0.1, 0.15) is 31.7 Å². The van der Waals surface area contributed by atoms with Gasteiger partial charge < -0.3 is 10.2 Å². The number of nitrogens with zero attached hydrogens (tertiary/aromatic N) is 1. The zero-order valence-electron chi connectivity index (χ0n) is 12.9. The molecule has 0 radical (unpaired) electrons. The normalized spacial score (nSPS) is 29.6. The quantitative estimate of drug-likeness (QED) is 0.926. The van der Waals surface area contributed by atoms with Crippen LogP contribution in [0.2, 0.25) is 0 Å². The first kappa shape index (κ1) is 14.6. The average Bonchev–Trinajstić information content (AvgIpc) is 2.89. The third kappa shape index (κ3) is 3.29. The summed E-state index contributed by atoms with van der Waals surface area (Å²) in [5.74, 6) is 1.19. The van der Waals surface area contributed by atoms with Gasteiger partial charge in [0.2, 0.25) is 5.91 Å². The van der Waals surface area contributed by atoms with Crippen molar-refractivity contribution in [2.24, 2.45) is 11.8 Å². The fraction of sp³-hybridized carbons (Fsp3) is 0.611. The van der Waals surface area contributed by atoms with Gasteiger partial charge in [0.25, 0.3) is 0 Å². The molecule has 3 atom stereocenters. The number of nitrogens with one attached hydrogen (secondary N) is 1. The van der Waals surface area contributed by atoms with Crippen LogP contribution in [-0.2, 0) is 11.2 Å². The molecule has 1 aromatic rings. The van der Waals surface area contributed by atoms with Crippen LogP contribution in [0.4, 0.5) is 0 Å². The molecule has 114 valence electrons. The Morgan fingerprint density at radius 3 is 2.81 bits per heavy atom. The molecule has 2 aliphatic heterocycles. The van der Waals surface area contributed by atoms with Crippen molar-refractivity contribution < 1.29 is 4.79 Å². The van der Waals surface area contributed by atoms with Crippen LogP contribution < -0.4 is 5.32 Å². The summed E-state index contributed by atoms with van der Waals surface area (Å²) in [6, 6.07) is 11.0. The Morgan fingerprint density at radius 1 is 1.29 bits per heavy atom. The monoisotopic (exact) mass is 286 g/mol. The van der Waals surface area contributed by atoms with Crippen molar-refractivity contribution in [2.45, 2.75) is 38.6 Å². The molecule has 2 fully saturated rings. The van der Waals surface area contributed by atoms with Crippen LogP contribution in [0.5, 0.6) is 0 Å². The van der Waals surface area contributed by atoms with Crippen LogP contribution in [0.15, 0.2) is 30.3 Å². The van der Waals surface area contributed by atoms with Gasteiger partial charge >= 0.3 is 0 Å². The molecule has 0 unspecified atom stereocenters. The number of carbonyl (C=O) groups excluding carboxylic acids is 1. The van der Waals surface area contributed by atoms with Gasteiger partial charge in [-0.25, -0.2) is 0 Å². The minimum Gasteiger partial charge on any atom is -0.339 e. The van der Waals surface area contributed by atoms with E-state index >= 15 is 0 Å². The summed E-state index contributed by atoms with van der Waals surface area (Å²) >= 11 is 0. The molecule has 3 rings (SSSR count). The first-order valence-electron chi connectivity index (χ1n) is 8.31. The highest BCUT2D eigenvalue weighted by Crippen LogP contribution is 2.29. The number of benzene rings is 1. The van der Waals surface area contributed by atoms with E-state index in [-0.39, 0.29) is 5.92 Å². The predicted molar refractivity (Wildman–Crippen MR) is 85.0 cm³/mol. The van der Waals surface area contributed by atoms with Crippen LogP contribution in [-0.4, -0.2) is 36.5 Å². The minimum atomic E-state index is 0.205. The molecule has 0 aliphatic carbocycles. The van der Waals surface area contributed by atoms with E-state index in [1.165, 1.54) is 5.56 Å². The lowest BCUT2D eigenvalue weighted by Gasteiger charge is -2.31. The molecule has 0 spiro atoms. The maximum absolute atomic E-state index is 12.7. The molecule has 3 heteroatoms. The lowest BCUT2D eigenvalue weighted by atomic mass is 9.92. The molecule has 0 aromatic heterocycles. The number of hydrogen-bond donors (Lipinski definition) is 1. The second-order valence-corrected chi connectivity index (χ2v) is 6.55. The smallest absolute Gasteiger partial charge is 0.227 e. The second-order valence-electron chi connectivity index (χ2n) is 6.55. The molecule has 2 saturated heterocycles. The van der Waals surface area contributed by atoms with Crippen LogP contribution in [0, 0.1) is 11.8 Å². The Morgan fingerprint density at radius 2 is 2.10 bits per heavy atom. The van der Waals surface area contributed by atoms with Crippen molar-refractivity contribution in [1.82, 2.24) is 10.2 Å². The van der Waals surface area contributed by atoms with Gasteiger partial charge in [0.05, 0.1) is 5.92 Å². The zero-order valence-corrected chi connectivity index (χ0v) is 12.9. The third-order valence-corrected chi connectivity index (χ3v) is 5.18. The number of hydrogen-bond acceptors (Lipinski definition) is 2. The standard InChI is InChI=1S/C18H26N2O/c1-14-16(12-15-6-3-2-4-7-15)9-11-20(14)18(21)17-8-5-10-19-13-17/h2-4,6-7,14,16-17,19H,5,8-13H2,1H3/t14-,16-,17-/m1/s1. The zero-order chi connectivity index (χ0) is 14.7. The van der Waals surface area contributed by atoms with E-state index in [9.17, 15) is 4.79 Å². The van der Waals surface area contributed by atoms with E-state index in [1.807, 2.05) is 0 Å². The molecular weight excluding hydrogens is 260 g/mol.